The highest BCUT2D eigenvalue weighted by atomic mass is 79.9. The fraction of sp³-hybridized carbons (Fsp3) is 0.111. The Morgan fingerprint density at radius 2 is 1.31 bits per heavy atom. The summed E-state index contributed by atoms with van der Waals surface area (Å²) in [6.07, 6.45) is 0. The van der Waals surface area contributed by atoms with E-state index in [1.165, 1.54) is 53.6 Å². The fourth-order valence-corrected chi connectivity index (χ4v) is 6.26. The Morgan fingerprint density at radius 1 is 0.655 bits per heavy atom. The van der Waals surface area contributed by atoms with Crippen molar-refractivity contribution in [2.24, 2.45) is 0 Å². The SMILES string of the molecule is CC1(C)c2ccccc2-c2cc(-c3ccc4sc5ccc(Br)cc5c4c3)ccc21. The smallest absolute Gasteiger partial charge is 0.0356 e. The first-order chi connectivity index (χ1) is 14.0. The standard InChI is InChI=1S/C27H19BrS/c1-27(2)23-6-4-3-5-19(23)20-13-16(7-10-24(20)27)17-8-11-25-21(14-17)22-15-18(28)9-12-26(22)29-25/h3-15H,1-2H3. The van der Waals surface area contributed by atoms with Crippen LogP contribution in [0.4, 0.5) is 0 Å². The van der Waals surface area contributed by atoms with Crippen LogP contribution in [0.2, 0.25) is 0 Å². The van der Waals surface area contributed by atoms with E-state index in [2.05, 4.69) is 109 Å². The highest BCUT2D eigenvalue weighted by Crippen LogP contribution is 2.49. The van der Waals surface area contributed by atoms with Crippen molar-refractivity contribution in [1.82, 2.24) is 0 Å². The molecule has 1 aliphatic rings. The predicted octanol–water partition coefficient (Wildman–Crippen LogP) is 8.79. The monoisotopic (exact) mass is 454 g/mol. The topological polar surface area (TPSA) is 0 Å². The Hall–Kier alpha value is -2.42. The molecule has 29 heavy (non-hydrogen) atoms. The van der Waals surface area contributed by atoms with Gasteiger partial charge in [0.1, 0.15) is 0 Å². The minimum Gasteiger partial charge on any atom is -0.135 e. The number of hydrogen-bond donors (Lipinski definition) is 0. The second-order valence-electron chi connectivity index (χ2n) is 8.38. The second-order valence-corrected chi connectivity index (χ2v) is 10.4. The molecule has 0 fully saturated rings. The van der Waals surface area contributed by atoms with Crippen LogP contribution in [0.15, 0.2) is 83.3 Å². The molecule has 0 saturated carbocycles. The van der Waals surface area contributed by atoms with Crippen LogP contribution in [-0.2, 0) is 5.41 Å². The summed E-state index contributed by atoms with van der Waals surface area (Å²) in [6.45, 7) is 4.66. The molecule has 5 aromatic rings. The van der Waals surface area contributed by atoms with Gasteiger partial charge in [0.25, 0.3) is 0 Å². The van der Waals surface area contributed by atoms with E-state index in [0.29, 0.717) is 0 Å². The first-order valence-electron chi connectivity index (χ1n) is 9.89. The van der Waals surface area contributed by atoms with Crippen LogP contribution in [0.25, 0.3) is 42.4 Å². The minimum absolute atomic E-state index is 0.0598. The number of halogens is 1. The lowest BCUT2D eigenvalue weighted by Crippen LogP contribution is -2.14. The summed E-state index contributed by atoms with van der Waals surface area (Å²) in [5.41, 5.74) is 8.23. The fourth-order valence-electron chi connectivity index (χ4n) is 4.83. The van der Waals surface area contributed by atoms with Crippen LogP contribution in [-0.4, -0.2) is 0 Å². The molecular formula is C27H19BrS. The highest BCUT2D eigenvalue weighted by Gasteiger charge is 2.35. The summed E-state index contributed by atoms with van der Waals surface area (Å²) in [4.78, 5) is 0. The van der Waals surface area contributed by atoms with Crippen molar-refractivity contribution < 1.29 is 0 Å². The molecule has 0 radical (unpaired) electrons. The number of thiophene rings is 1. The molecule has 0 N–H and O–H groups in total. The zero-order chi connectivity index (χ0) is 19.8. The maximum atomic E-state index is 3.63. The molecule has 0 nitrogen and oxygen atoms in total. The van der Waals surface area contributed by atoms with E-state index in [0.717, 1.165) is 4.47 Å². The summed E-state index contributed by atoms with van der Waals surface area (Å²) in [7, 11) is 0. The summed E-state index contributed by atoms with van der Waals surface area (Å²) in [5, 5.41) is 2.67. The van der Waals surface area contributed by atoms with Gasteiger partial charge in [-0.15, -0.1) is 11.3 Å². The average Bonchev–Trinajstić information content (AvgIpc) is 3.20. The van der Waals surface area contributed by atoms with Crippen molar-refractivity contribution in [2.75, 3.05) is 0 Å². The Bertz CT molecular complexity index is 1440. The largest absolute Gasteiger partial charge is 0.135 e. The van der Waals surface area contributed by atoms with E-state index in [4.69, 9.17) is 0 Å². The maximum Gasteiger partial charge on any atom is 0.0356 e. The third kappa shape index (κ3) is 2.49. The lowest BCUT2D eigenvalue weighted by Gasteiger charge is -2.21. The normalized spacial score (nSPS) is 14.3. The molecule has 2 heteroatoms. The summed E-state index contributed by atoms with van der Waals surface area (Å²) in [6, 6.07) is 29.3. The lowest BCUT2D eigenvalue weighted by atomic mass is 9.82. The summed E-state index contributed by atoms with van der Waals surface area (Å²) in [5.74, 6) is 0. The van der Waals surface area contributed by atoms with Crippen LogP contribution in [0, 0.1) is 0 Å². The van der Waals surface area contributed by atoms with E-state index in [1.54, 1.807) is 0 Å². The van der Waals surface area contributed by atoms with E-state index in [-0.39, 0.29) is 5.41 Å². The number of rotatable bonds is 1. The van der Waals surface area contributed by atoms with Gasteiger partial charge in [-0.3, -0.25) is 0 Å². The highest BCUT2D eigenvalue weighted by molar-refractivity contribution is 9.10. The minimum atomic E-state index is 0.0598. The number of hydrogen-bond acceptors (Lipinski definition) is 1. The molecule has 0 spiro atoms. The first-order valence-corrected chi connectivity index (χ1v) is 11.5. The first kappa shape index (κ1) is 17.4. The Labute approximate surface area is 183 Å². The molecule has 0 bridgehead atoms. The van der Waals surface area contributed by atoms with E-state index in [1.807, 2.05) is 11.3 Å². The van der Waals surface area contributed by atoms with Crippen LogP contribution >= 0.6 is 27.3 Å². The Balaban J connectivity index is 1.56. The van der Waals surface area contributed by atoms with Crippen LogP contribution in [0.3, 0.4) is 0 Å². The van der Waals surface area contributed by atoms with Crippen molar-refractivity contribution >= 4 is 47.4 Å². The van der Waals surface area contributed by atoms with Crippen LogP contribution in [0.5, 0.6) is 0 Å². The molecule has 1 heterocycles. The Kier molecular flexibility index (Phi) is 3.63. The molecule has 1 aliphatic carbocycles. The Morgan fingerprint density at radius 3 is 2.17 bits per heavy atom. The number of benzene rings is 4. The van der Waals surface area contributed by atoms with Gasteiger partial charge >= 0.3 is 0 Å². The summed E-state index contributed by atoms with van der Waals surface area (Å²) < 4.78 is 3.81. The molecule has 0 unspecified atom stereocenters. The van der Waals surface area contributed by atoms with E-state index < -0.39 is 0 Å². The lowest BCUT2D eigenvalue weighted by molar-refractivity contribution is 0.660. The van der Waals surface area contributed by atoms with Gasteiger partial charge in [0.05, 0.1) is 0 Å². The van der Waals surface area contributed by atoms with Crippen molar-refractivity contribution in [3.63, 3.8) is 0 Å². The third-order valence-electron chi connectivity index (χ3n) is 6.35. The molecule has 4 aromatic carbocycles. The molecule has 0 atom stereocenters. The van der Waals surface area contributed by atoms with Gasteiger partial charge < -0.3 is 0 Å². The second kappa shape index (κ2) is 6.04. The van der Waals surface area contributed by atoms with Gasteiger partial charge in [0, 0.05) is 30.1 Å². The molecule has 1 aromatic heterocycles. The van der Waals surface area contributed by atoms with Crippen molar-refractivity contribution in [3.8, 4) is 22.3 Å². The predicted molar refractivity (Wildman–Crippen MR) is 130 cm³/mol. The molecular weight excluding hydrogens is 436 g/mol. The maximum absolute atomic E-state index is 3.63. The number of fused-ring (bicyclic) bond motifs is 6. The van der Waals surface area contributed by atoms with Crippen molar-refractivity contribution in [1.29, 1.82) is 0 Å². The van der Waals surface area contributed by atoms with E-state index >= 15 is 0 Å². The van der Waals surface area contributed by atoms with Gasteiger partial charge in [0.15, 0.2) is 0 Å². The molecule has 6 rings (SSSR count). The van der Waals surface area contributed by atoms with Gasteiger partial charge in [0.2, 0.25) is 0 Å². The molecule has 0 saturated heterocycles. The van der Waals surface area contributed by atoms with E-state index in [9.17, 15) is 0 Å². The van der Waals surface area contributed by atoms with Gasteiger partial charge in [-0.2, -0.15) is 0 Å². The summed E-state index contributed by atoms with van der Waals surface area (Å²) >= 11 is 5.49. The van der Waals surface area contributed by atoms with Gasteiger partial charge in [-0.1, -0.05) is 72.2 Å². The molecule has 140 valence electrons. The van der Waals surface area contributed by atoms with Crippen molar-refractivity contribution in [2.45, 2.75) is 19.3 Å². The zero-order valence-corrected chi connectivity index (χ0v) is 18.7. The third-order valence-corrected chi connectivity index (χ3v) is 7.99. The van der Waals surface area contributed by atoms with Gasteiger partial charge in [-0.05, 0) is 69.8 Å². The zero-order valence-electron chi connectivity index (χ0n) is 16.3. The van der Waals surface area contributed by atoms with Crippen LogP contribution < -0.4 is 0 Å². The average molecular weight is 455 g/mol. The van der Waals surface area contributed by atoms with Crippen LogP contribution in [0.1, 0.15) is 25.0 Å². The molecule has 0 aliphatic heterocycles. The van der Waals surface area contributed by atoms with Gasteiger partial charge in [-0.25, -0.2) is 0 Å². The quantitative estimate of drug-likeness (QED) is 0.237. The molecule has 0 amide bonds. The van der Waals surface area contributed by atoms with Crippen molar-refractivity contribution in [3.05, 3.63) is 94.5 Å².